The first-order valence-electron chi connectivity index (χ1n) is 10.8. The number of aryl methyl sites for hydroxylation is 1. The van der Waals surface area contributed by atoms with Crippen LogP contribution in [0.25, 0.3) is 0 Å². The average molecular weight is 504 g/mol. The van der Waals surface area contributed by atoms with Crippen LogP contribution >= 0.6 is 0 Å². The molecule has 2 aromatic rings. The highest BCUT2D eigenvalue weighted by atomic mass is 32.2. The van der Waals surface area contributed by atoms with Crippen LogP contribution in [0.15, 0.2) is 35.3 Å². The number of sulfonamides is 1. The lowest BCUT2D eigenvalue weighted by Crippen LogP contribution is -2.42. The first-order chi connectivity index (χ1) is 16.4. The predicted molar refractivity (Wildman–Crippen MR) is 131 cm³/mol. The summed E-state index contributed by atoms with van der Waals surface area (Å²) in [5, 5.41) is 7.34. The van der Waals surface area contributed by atoms with Gasteiger partial charge < -0.3 is 4.90 Å². The number of anilines is 1. The van der Waals surface area contributed by atoms with E-state index >= 15 is 0 Å². The zero-order chi connectivity index (χ0) is 26.1. The normalized spacial score (nSPS) is 18.3. The summed E-state index contributed by atoms with van der Waals surface area (Å²) >= 11 is 0. The molecule has 2 unspecified atom stereocenters. The lowest BCUT2D eigenvalue weighted by atomic mass is 10.0. The van der Waals surface area contributed by atoms with Crippen LogP contribution in [0.3, 0.4) is 0 Å². The summed E-state index contributed by atoms with van der Waals surface area (Å²) in [7, 11) is 1.98. The van der Waals surface area contributed by atoms with Gasteiger partial charge in [0.15, 0.2) is 11.5 Å². The summed E-state index contributed by atoms with van der Waals surface area (Å²) in [5.74, 6) is -1.77. The SMILES string of the molecule is CCC(NC1C(=O)N(C)C(=O)C1=Nc1c(NS(C)(=O)=O)c(C(=O)N(C)C)nn1C)c1ccccc1. The highest BCUT2D eigenvalue weighted by molar-refractivity contribution is 7.92. The molecule has 0 aliphatic carbocycles. The van der Waals surface area contributed by atoms with Gasteiger partial charge in [-0.3, -0.25) is 29.3 Å². The first-order valence-corrected chi connectivity index (χ1v) is 12.7. The number of likely N-dealkylation sites (N-methyl/N-ethyl adjacent to an activating group) is 1. The van der Waals surface area contributed by atoms with Gasteiger partial charge in [-0.05, 0) is 12.0 Å². The lowest BCUT2D eigenvalue weighted by Gasteiger charge is -2.21. The van der Waals surface area contributed by atoms with Crippen LogP contribution in [0.1, 0.15) is 35.4 Å². The third-order valence-electron chi connectivity index (χ3n) is 5.49. The Hall–Kier alpha value is -3.58. The molecule has 188 valence electrons. The van der Waals surface area contributed by atoms with E-state index in [1.165, 1.54) is 37.8 Å². The smallest absolute Gasteiger partial charge is 0.276 e. The second kappa shape index (κ2) is 9.96. The highest BCUT2D eigenvalue weighted by Gasteiger charge is 2.44. The topological polar surface area (TPSA) is 146 Å². The molecule has 2 N–H and O–H groups in total. The fraction of sp³-hybridized carbons (Fsp3) is 0.409. The van der Waals surface area contributed by atoms with Crippen molar-refractivity contribution in [1.29, 1.82) is 0 Å². The maximum atomic E-state index is 13.0. The van der Waals surface area contributed by atoms with Crippen LogP contribution in [-0.4, -0.2) is 84.9 Å². The number of nitrogens with zero attached hydrogens (tertiary/aromatic N) is 5. The zero-order valence-corrected chi connectivity index (χ0v) is 21.3. The third-order valence-corrected chi connectivity index (χ3v) is 6.07. The van der Waals surface area contributed by atoms with Gasteiger partial charge in [-0.15, -0.1) is 0 Å². The van der Waals surface area contributed by atoms with E-state index < -0.39 is 33.8 Å². The Morgan fingerprint density at radius 3 is 2.37 bits per heavy atom. The summed E-state index contributed by atoms with van der Waals surface area (Å²) in [4.78, 5) is 45.2. The molecule has 13 heteroatoms. The van der Waals surface area contributed by atoms with Crippen molar-refractivity contribution in [2.75, 3.05) is 32.1 Å². The molecule has 2 heterocycles. The van der Waals surface area contributed by atoms with E-state index in [-0.39, 0.29) is 29.0 Å². The van der Waals surface area contributed by atoms with Gasteiger partial charge in [0.1, 0.15) is 17.4 Å². The average Bonchev–Trinajstić information content (AvgIpc) is 3.20. The fourth-order valence-corrected chi connectivity index (χ4v) is 4.26. The molecule has 0 radical (unpaired) electrons. The molecule has 1 aliphatic heterocycles. The number of imide groups is 1. The molecule has 3 rings (SSSR count). The molecule has 35 heavy (non-hydrogen) atoms. The minimum absolute atomic E-state index is 0.0772. The Bertz CT molecular complexity index is 1280. The highest BCUT2D eigenvalue weighted by Crippen LogP contribution is 2.32. The van der Waals surface area contributed by atoms with Crippen molar-refractivity contribution >= 4 is 45.0 Å². The number of carbonyl (C=O) groups is 3. The van der Waals surface area contributed by atoms with E-state index in [0.717, 1.165) is 16.7 Å². The molecular weight excluding hydrogens is 474 g/mol. The van der Waals surface area contributed by atoms with Crippen LogP contribution in [0, 0.1) is 0 Å². The van der Waals surface area contributed by atoms with Gasteiger partial charge in [-0.25, -0.2) is 18.1 Å². The molecule has 0 spiro atoms. The predicted octanol–water partition coefficient (Wildman–Crippen LogP) is 0.674. The monoisotopic (exact) mass is 503 g/mol. The number of aliphatic imine (C=N–C) groups is 1. The quantitative estimate of drug-likeness (QED) is 0.504. The first kappa shape index (κ1) is 26.0. The van der Waals surface area contributed by atoms with Gasteiger partial charge in [-0.1, -0.05) is 37.3 Å². The van der Waals surface area contributed by atoms with E-state index in [4.69, 9.17) is 0 Å². The Labute approximate surface area is 204 Å². The molecule has 0 bridgehead atoms. The minimum atomic E-state index is -3.83. The van der Waals surface area contributed by atoms with Gasteiger partial charge in [0.25, 0.3) is 17.7 Å². The Morgan fingerprint density at radius 2 is 1.83 bits per heavy atom. The number of amides is 3. The van der Waals surface area contributed by atoms with Gasteiger partial charge in [0.05, 0.1) is 6.26 Å². The van der Waals surface area contributed by atoms with Crippen molar-refractivity contribution in [2.45, 2.75) is 25.4 Å². The van der Waals surface area contributed by atoms with Crippen molar-refractivity contribution in [1.82, 2.24) is 24.9 Å². The molecule has 1 aromatic heterocycles. The molecule has 3 amide bonds. The number of nitrogens with one attached hydrogen (secondary N) is 2. The summed E-state index contributed by atoms with van der Waals surface area (Å²) in [5.41, 5.74) is 0.441. The van der Waals surface area contributed by atoms with Gasteiger partial charge in [0, 0.05) is 34.2 Å². The summed E-state index contributed by atoms with van der Waals surface area (Å²) in [6, 6.07) is 8.14. The number of aromatic nitrogens is 2. The number of benzene rings is 1. The molecule has 2 atom stereocenters. The molecule has 1 fully saturated rings. The summed E-state index contributed by atoms with van der Waals surface area (Å²) in [6.45, 7) is 1.95. The van der Waals surface area contributed by atoms with Crippen LogP contribution < -0.4 is 10.0 Å². The van der Waals surface area contributed by atoms with Gasteiger partial charge >= 0.3 is 0 Å². The van der Waals surface area contributed by atoms with Crippen LogP contribution in [-0.2, 0) is 26.7 Å². The van der Waals surface area contributed by atoms with E-state index in [0.29, 0.717) is 6.42 Å². The van der Waals surface area contributed by atoms with Crippen LogP contribution in [0.5, 0.6) is 0 Å². The molecule has 1 aliphatic rings. The Morgan fingerprint density at radius 1 is 1.20 bits per heavy atom. The molecular formula is C22H29N7O5S. The van der Waals surface area contributed by atoms with Crippen molar-refractivity contribution in [3.63, 3.8) is 0 Å². The molecule has 1 aromatic carbocycles. The van der Waals surface area contributed by atoms with E-state index in [9.17, 15) is 22.8 Å². The largest absolute Gasteiger partial charge is 0.343 e. The van der Waals surface area contributed by atoms with E-state index in [1.54, 1.807) is 0 Å². The van der Waals surface area contributed by atoms with Gasteiger partial charge in [0.2, 0.25) is 10.0 Å². The van der Waals surface area contributed by atoms with Crippen molar-refractivity contribution < 1.29 is 22.8 Å². The minimum Gasteiger partial charge on any atom is -0.343 e. The van der Waals surface area contributed by atoms with Crippen molar-refractivity contribution in [3.8, 4) is 0 Å². The number of hydrogen-bond donors (Lipinski definition) is 2. The number of likely N-dealkylation sites (tertiary alicyclic amines) is 1. The van der Waals surface area contributed by atoms with Gasteiger partial charge in [-0.2, -0.15) is 5.10 Å². The van der Waals surface area contributed by atoms with Crippen LogP contribution in [0.2, 0.25) is 0 Å². The second-order valence-electron chi connectivity index (χ2n) is 8.42. The molecule has 12 nitrogen and oxygen atoms in total. The maximum Gasteiger partial charge on any atom is 0.276 e. The zero-order valence-electron chi connectivity index (χ0n) is 20.4. The van der Waals surface area contributed by atoms with Crippen molar-refractivity contribution in [3.05, 3.63) is 41.6 Å². The number of rotatable bonds is 8. The van der Waals surface area contributed by atoms with E-state index in [1.807, 2.05) is 37.3 Å². The molecule has 1 saturated heterocycles. The van der Waals surface area contributed by atoms with E-state index in [2.05, 4.69) is 20.1 Å². The standard InChI is InChI=1S/C22H29N7O5S/c1-7-14(13-11-9-8-10-12-13)23-16-17(22(32)28(4)21(16)31)24-19-15(26-35(6,33)34)18(25-29(19)5)20(30)27(2)3/h8-12,14,16,23,26H,7H2,1-6H3. The van der Waals surface area contributed by atoms with Crippen molar-refractivity contribution in [2.24, 2.45) is 12.0 Å². The lowest BCUT2D eigenvalue weighted by molar-refractivity contribution is -0.136. The summed E-state index contributed by atoms with van der Waals surface area (Å²) in [6.07, 6.45) is 1.56. The third kappa shape index (κ3) is 5.41. The molecule has 0 saturated carbocycles. The maximum absolute atomic E-state index is 13.0. The Kier molecular flexibility index (Phi) is 7.41. The fourth-order valence-electron chi connectivity index (χ4n) is 3.70. The van der Waals surface area contributed by atoms with Crippen LogP contribution in [0.4, 0.5) is 11.5 Å². The summed E-state index contributed by atoms with van der Waals surface area (Å²) < 4.78 is 27.6. The number of carbonyl (C=O) groups excluding carboxylic acids is 3. The second-order valence-corrected chi connectivity index (χ2v) is 10.2. The number of hydrogen-bond acceptors (Lipinski definition) is 8. The Balaban J connectivity index is 2.13.